The molecule has 0 bridgehead atoms. The molecule has 6 heteroatoms. The van der Waals surface area contributed by atoms with Gasteiger partial charge in [-0.1, -0.05) is 6.07 Å². The first-order valence-electron chi connectivity index (χ1n) is 6.42. The molecule has 0 unspecified atom stereocenters. The number of benzene rings is 1. The van der Waals surface area contributed by atoms with E-state index in [0.29, 0.717) is 17.1 Å². The Morgan fingerprint density at radius 1 is 1.19 bits per heavy atom. The zero-order valence-electron chi connectivity index (χ0n) is 12.3. The second-order valence-corrected chi connectivity index (χ2v) is 6.90. The standard InChI is InChI=1S/C15H18N2O3S/c1-10-4-5-15(14(16)6-10)21(18,19)9-12-8-13(20-3)7-11(2)17-12/h4-8H,9,16H2,1-3H3. The summed E-state index contributed by atoms with van der Waals surface area (Å²) in [7, 11) is -2.01. The average molecular weight is 306 g/mol. The highest BCUT2D eigenvalue weighted by Crippen LogP contribution is 2.24. The minimum Gasteiger partial charge on any atom is -0.497 e. The van der Waals surface area contributed by atoms with Gasteiger partial charge in [0.2, 0.25) is 0 Å². The fourth-order valence-electron chi connectivity index (χ4n) is 2.12. The second kappa shape index (κ2) is 5.73. The smallest absolute Gasteiger partial charge is 0.186 e. The van der Waals surface area contributed by atoms with E-state index in [4.69, 9.17) is 10.5 Å². The van der Waals surface area contributed by atoms with E-state index in [1.165, 1.54) is 13.2 Å². The lowest BCUT2D eigenvalue weighted by molar-refractivity contribution is 0.413. The van der Waals surface area contributed by atoms with E-state index in [2.05, 4.69) is 4.98 Å². The molecule has 0 spiro atoms. The van der Waals surface area contributed by atoms with Crippen molar-refractivity contribution in [3.05, 3.63) is 47.3 Å². The molecule has 0 saturated heterocycles. The fourth-order valence-corrected chi connectivity index (χ4v) is 3.50. The number of nitrogens with two attached hydrogens (primary N) is 1. The number of aryl methyl sites for hydroxylation is 2. The van der Waals surface area contributed by atoms with Crippen LogP contribution < -0.4 is 10.5 Å². The summed E-state index contributed by atoms with van der Waals surface area (Å²) in [5, 5.41) is 0. The Kier molecular flexibility index (Phi) is 4.18. The van der Waals surface area contributed by atoms with Crippen LogP contribution in [0.15, 0.2) is 35.2 Å². The summed E-state index contributed by atoms with van der Waals surface area (Å²) in [6, 6.07) is 8.28. The van der Waals surface area contributed by atoms with E-state index >= 15 is 0 Å². The van der Waals surface area contributed by atoms with Gasteiger partial charge in [0.15, 0.2) is 9.84 Å². The summed E-state index contributed by atoms with van der Waals surface area (Å²) in [5.74, 6) is 0.378. The van der Waals surface area contributed by atoms with Crippen LogP contribution in [-0.2, 0) is 15.6 Å². The number of pyridine rings is 1. The highest BCUT2D eigenvalue weighted by Gasteiger charge is 2.19. The molecule has 112 valence electrons. The van der Waals surface area contributed by atoms with Crippen LogP contribution >= 0.6 is 0 Å². The van der Waals surface area contributed by atoms with Crippen molar-refractivity contribution in [2.75, 3.05) is 12.8 Å². The zero-order valence-corrected chi connectivity index (χ0v) is 13.1. The van der Waals surface area contributed by atoms with Crippen molar-refractivity contribution >= 4 is 15.5 Å². The minimum atomic E-state index is -3.55. The molecule has 1 aromatic carbocycles. The summed E-state index contributed by atoms with van der Waals surface area (Å²) in [6.07, 6.45) is 0. The van der Waals surface area contributed by atoms with Crippen LogP contribution in [0.2, 0.25) is 0 Å². The van der Waals surface area contributed by atoms with Crippen molar-refractivity contribution in [2.45, 2.75) is 24.5 Å². The minimum absolute atomic E-state index is 0.135. The molecule has 2 rings (SSSR count). The number of ether oxygens (including phenoxy) is 1. The highest BCUT2D eigenvalue weighted by molar-refractivity contribution is 7.90. The maximum absolute atomic E-state index is 12.5. The van der Waals surface area contributed by atoms with Crippen LogP contribution in [-0.4, -0.2) is 20.5 Å². The van der Waals surface area contributed by atoms with Crippen LogP contribution in [0.3, 0.4) is 0 Å². The predicted molar refractivity (Wildman–Crippen MR) is 82.0 cm³/mol. The van der Waals surface area contributed by atoms with Gasteiger partial charge in [0, 0.05) is 17.8 Å². The van der Waals surface area contributed by atoms with Gasteiger partial charge in [-0.3, -0.25) is 4.98 Å². The molecule has 0 aliphatic rings. The lowest BCUT2D eigenvalue weighted by Gasteiger charge is -2.09. The Morgan fingerprint density at radius 2 is 1.90 bits per heavy atom. The van der Waals surface area contributed by atoms with E-state index in [0.717, 1.165) is 5.56 Å². The number of hydrogen-bond donors (Lipinski definition) is 1. The normalized spacial score (nSPS) is 11.4. The van der Waals surface area contributed by atoms with E-state index < -0.39 is 9.84 Å². The average Bonchev–Trinajstić information content (AvgIpc) is 2.36. The highest BCUT2D eigenvalue weighted by atomic mass is 32.2. The Labute approximate surface area is 124 Å². The van der Waals surface area contributed by atoms with Crippen LogP contribution in [0.4, 0.5) is 5.69 Å². The maximum atomic E-state index is 12.5. The van der Waals surface area contributed by atoms with Gasteiger partial charge in [-0.2, -0.15) is 0 Å². The van der Waals surface area contributed by atoms with Gasteiger partial charge >= 0.3 is 0 Å². The lowest BCUT2D eigenvalue weighted by Crippen LogP contribution is -2.09. The van der Waals surface area contributed by atoms with Crippen molar-refractivity contribution in [3.8, 4) is 5.75 Å². The molecule has 0 saturated carbocycles. The number of methoxy groups -OCH3 is 1. The number of rotatable bonds is 4. The van der Waals surface area contributed by atoms with Crippen molar-refractivity contribution in [1.29, 1.82) is 0 Å². The van der Waals surface area contributed by atoms with E-state index in [-0.39, 0.29) is 16.3 Å². The van der Waals surface area contributed by atoms with Crippen LogP contribution in [0.5, 0.6) is 5.75 Å². The monoisotopic (exact) mass is 306 g/mol. The molecule has 1 heterocycles. The van der Waals surface area contributed by atoms with Crippen molar-refractivity contribution < 1.29 is 13.2 Å². The van der Waals surface area contributed by atoms with Gasteiger partial charge in [0.05, 0.1) is 29.1 Å². The van der Waals surface area contributed by atoms with Gasteiger partial charge in [-0.05, 0) is 31.5 Å². The third kappa shape index (κ3) is 3.52. The Morgan fingerprint density at radius 3 is 2.52 bits per heavy atom. The van der Waals surface area contributed by atoms with Crippen LogP contribution in [0.1, 0.15) is 17.0 Å². The van der Waals surface area contributed by atoms with Gasteiger partial charge in [-0.25, -0.2) is 8.42 Å². The van der Waals surface area contributed by atoms with Crippen LogP contribution in [0, 0.1) is 13.8 Å². The predicted octanol–water partition coefficient (Wildman–Crippen LogP) is 2.26. The van der Waals surface area contributed by atoms with Gasteiger partial charge < -0.3 is 10.5 Å². The first-order chi connectivity index (χ1) is 9.81. The lowest BCUT2D eigenvalue weighted by atomic mass is 10.2. The van der Waals surface area contributed by atoms with Gasteiger partial charge in [0.25, 0.3) is 0 Å². The second-order valence-electron chi connectivity index (χ2n) is 4.94. The molecule has 1 aromatic heterocycles. The first-order valence-corrected chi connectivity index (χ1v) is 8.07. The third-order valence-electron chi connectivity index (χ3n) is 3.05. The molecule has 2 N–H and O–H groups in total. The molecule has 0 radical (unpaired) electrons. The summed E-state index contributed by atoms with van der Waals surface area (Å²) < 4.78 is 30.1. The third-order valence-corrected chi connectivity index (χ3v) is 4.77. The molecule has 0 amide bonds. The quantitative estimate of drug-likeness (QED) is 0.876. The number of aromatic nitrogens is 1. The topological polar surface area (TPSA) is 82.3 Å². The summed E-state index contributed by atoms with van der Waals surface area (Å²) in [6.45, 7) is 3.65. The van der Waals surface area contributed by atoms with Crippen molar-refractivity contribution in [1.82, 2.24) is 4.98 Å². The fraction of sp³-hybridized carbons (Fsp3) is 0.267. The van der Waals surface area contributed by atoms with Crippen molar-refractivity contribution in [3.63, 3.8) is 0 Å². The Bertz CT molecular complexity index is 770. The maximum Gasteiger partial charge on any atom is 0.186 e. The SMILES string of the molecule is COc1cc(C)nc(CS(=O)(=O)c2ccc(C)cc2N)c1. The summed E-state index contributed by atoms with van der Waals surface area (Å²) in [5.41, 5.74) is 8.14. The number of anilines is 1. The summed E-state index contributed by atoms with van der Waals surface area (Å²) in [4.78, 5) is 4.37. The molecular formula is C15H18N2O3S. The van der Waals surface area contributed by atoms with E-state index in [9.17, 15) is 8.42 Å². The molecule has 0 fully saturated rings. The number of nitrogen functional groups attached to an aromatic ring is 1. The molecule has 0 aliphatic carbocycles. The molecule has 0 atom stereocenters. The zero-order chi connectivity index (χ0) is 15.6. The molecule has 5 nitrogen and oxygen atoms in total. The molecule has 2 aromatic rings. The Hall–Kier alpha value is -2.08. The number of sulfone groups is 1. The van der Waals surface area contributed by atoms with E-state index in [1.807, 2.05) is 6.92 Å². The summed E-state index contributed by atoms with van der Waals surface area (Å²) >= 11 is 0. The van der Waals surface area contributed by atoms with E-state index in [1.54, 1.807) is 31.2 Å². The van der Waals surface area contributed by atoms with Gasteiger partial charge in [-0.15, -0.1) is 0 Å². The number of hydrogen-bond acceptors (Lipinski definition) is 5. The van der Waals surface area contributed by atoms with Gasteiger partial charge in [0.1, 0.15) is 5.75 Å². The van der Waals surface area contributed by atoms with Crippen LogP contribution in [0.25, 0.3) is 0 Å². The number of nitrogens with zero attached hydrogens (tertiary/aromatic N) is 1. The van der Waals surface area contributed by atoms with Crippen molar-refractivity contribution in [2.24, 2.45) is 0 Å². The molecule has 0 aliphatic heterocycles. The molecule has 21 heavy (non-hydrogen) atoms. The largest absolute Gasteiger partial charge is 0.497 e. The first kappa shape index (κ1) is 15.3. The molecular weight excluding hydrogens is 288 g/mol. The Balaban J connectivity index is 2.39.